The minimum absolute atomic E-state index is 0.231. The molecule has 0 heterocycles. The summed E-state index contributed by atoms with van der Waals surface area (Å²) in [7, 11) is 4.66. The zero-order chi connectivity index (χ0) is 20.2. The molecule has 0 spiro atoms. The van der Waals surface area contributed by atoms with Crippen molar-refractivity contribution in [2.24, 2.45) is 0 Å². The second-order valence-electron chi connectivity index (χ2n) is 5.41. The van der Waals surface area contributed by atoms with Gasteiger partial charge < -0.3 is 14.2 Å². The summed E-state index contributed by atoms with van der Waals surface area (Å²) in [5.41, 5.74) is 0.802. The first-order chi connectivity index (χ1) is 13.1. The van der Waals surface area contributed by atoms with Gasteiger partial charge >= 0.3 is 5.97 Å². The van der Waals surface area contributed by atoms with Crippen LogP contribution in [-0.4, -0.2) is 32.6 Å². The molecule has 0 aliphatic rings. The fourth-order valence-corrected chi connectivity index (χ4v) is 2.56. The van der Waals surface area contributed by atoms with E-state index < -0.39 is 17.7 Å². The van der Waals surface area contributed by atoms with Gasteiger partial charge in [-0.05, 0) is 24.1 Å². The van der Waals surface area contributed by atoms with Crippen molar-refractivity contribution in [1.82, 2.24) is 0 Å². The van der Waals surface area contributed by atoms with Crippen LogP contribution in [0.1, 0.15) is 35.2 Å². The fraction of sp³-hybridized carbons (Fsp3) is 0.300. The molecule has 2 aromatic rings. The number of benzene rings is 2. The van der Waals surface area contributed by atoms with Gasteiger partial charge in [0.1, 0.15) is 32.1 Å². The molecule has 2 rings (SSSR count). The molecule has 7 heteroatoms. The van der Waals surface area contributed by atoms with Crippen LogP contribution >= 0.6 is 9.12 Å². The third-order valence-corrected chi connectivity index (χ3v) is 3.75. The Morgan fingerprint density at radius 2 is 1.48 bits per heavy atom. The Balaban J connectivity index is 0.00000176. The van der Waals surface area contributed by atoms with E-state index in [2.05, 4.69) is 0 Å². The molecule has 0 aliphatic heterocycles. The van der Waals surface area contributed by atoms with Gasteiger partial charge in [-0.1, -0.05) is 43.3 Å². The van der Waals surface area contributed by atoms with Gasteiger partial charge in [-0.3, -0.25) is 14.2 Å². The summed E-state index contributed by atoms with van der Waals surface area (Å²) in [6, 6.07) is 13.9. The van der Waals surface area contributed by atoms with Gasteiger partial charge in [0.2, 0.25) is 0 Å². The third kappa shape index (κ3) is 5.63. The van der Waals surface area contributed by atoms with Crippen LogP contribution in [0.2, 0.25) is 0 Å². The lowest BCUT2D eigenvalue weighted by Gasteiger charge is -2.18. The summed E-state index contributed by atoms with van der Waals surface area (Å²) >= 11 is 0. The molecule has 2 aromatic carbocycles. The summed E-state index contributed by atoms with van der Waals surface area (Å²) in [6.45, 7) is 2.16. The maximum atomic E-state index is 13.2. The van der Waals surface area contributed by atoms with Crippen LogP contribution < -0.4 is 9.47 Å². The van der Waals surface area contributed by atoms with Crippen LogP contribution in [0.4, 0.5) is 0 Å². The van der Waals surface area contributed by atoms with E-state index in [1.807, 2.05) is 13.0 Å². The average molecular weight is 390 g/mol. The number of Topliss-reactive ketones (excluding diaryl/α,β-unsaturated/α-hetero) is 1. The summed E-state index contributed by atoms with van der Waals surface area (Å²) in [5, 5.41) is 0. The molecule has 0 bridgehead atoms. The largest absolute Gasteiger partial charge is 0.496 e. The van der Waals surface area contributed by atoms with E-state index in [4.69, 9.17) is 18.8 Å². The zero-order valence-electron chi connectivity index (χ0n) is 15.6. The Bertz CT molecular complexity index is 725. The van der Waals surface area contributed by atoms with Gasteiger partial charge in [0.05, 0.1) is 20.8 Å². The number of hydrogen-bond donors (Lipinski definition) is 0. The van der Waals surface area contributed by atoms with Crippen molar-refractivity contribution >= 4 is 20.9 Å². The number of rotatable bonds is 8. The number of carbonyl (C=O) groups excluding carboxylic acids is 2. The van der Waals surface area contributed by atoms with Gasteiger partial charge in [-0.15, -0.1) is 0 Å². The molecule has 0 amide bonds. The first-order valence-electron chi connectivity index (χ1n) is 8.31. The van der Waals surface area contributed by atoms with Crippen LogP contribution in [0.25, 0.3) is 0 Å². The van der Waals surface area contributed by atoms with E-state index >= 15 is 0 Å². The van der Waals surface area contributed by atoms with Crippen molar-refractivity contribution in [2.45, 2.75) is 19.3 Å². The maximum absolute atomic E-state index is 13.2. The zero-order valence-corrected chi connectivity index (χ0v) is 16.6. The van der Waals surface area contributed by atoms with Crippen molar-refractivity contribution in [2.75, 3.05) is 20.8 Å². The van der Waals surface area contributed by atoms with Crippen LogP contribution in [0.5, 0.6) is 11.5 Å². The van der Waals surface area contributed by atoms with Gasteiger partial charge in [0.15, 0.2) is 5.78 Å². The van der Waals surface area contributed by atoms with Crippen molar-refractivity contribution in [3.05, 3.63) is 59.7 Å². The number of ether oxygens (including phenoxy) is 3. The highest BCUT2D eigenvalue weighted by Gasteiger charge is 2.34. The highest BCUT2D eigenvalue weighted by Crippen LogP contribution is 2.34. The number of carbonyl (C=O) groups is 2. The molecule has 1 atom stereocenters. The number of methoxy groups -OCH3 is 2. The predicted molar refractivity (Wildman–Crippen MR) is 103 cm³/mol. The Morgan fingerprint density at radius 1 is 0.926 bits per heavy atom. The van der Waals surface area contributed by atoms with Gasteiger partial charge in [-0.2, -0.15) is 0 Å². The average Bonchev–Trinajstić information content (AvgIpc) is 2.73. The van der Waals surface area contributed by atoms with E-state index in [1.165, 1.54) is 14.2 Å². The van der Waals surface area contributed by atoms with Crippen molar-refractivity contribution < 1.29 is 28.4 Å². The van der Waals surface area contributed by atoms with Crippen molar-refractivity contribution in [3.8, 4) is 11.5 Å². The summed E-state index contributed by atoms with van der Waals surface area (Å²) in [4.78, 5) is 25.8. The third-order valence-electron chi connectivity index (χ3n) is 3.75. The smallest absolute Gasteiger partial charge is 0.321 e. The summed E-state index contributed by atoms with van der Waals surface area (Å²) in [5.74, 6) is -1.35. The number of ketones is 1. The monoisotopic (exact) mass is 390 g/mol. The molecule has 0 saturated carbocycles. The Labute approximate surface area is 161 Å². The second-order valence-corrected chi connectivity index (χ2v) is 5.41. The number of esters is 1. The SMILES string of the molecule is CCCOC(=O)C(C(=O)c1c(OC)cccc1OC)c1ccccc1.O=P. The van der Waals surface area contributed by atoms with E-state index in [0.29, 0.717) is 23.5 Å². The second kappa shape index (κ2) is 11.8. The van der Waals surface area contributed by atoms with E-state index in [1.54, 1.807) is 51.6 Å². The Morgan fingerprint density at radius 3 is 1.96 bits per heavy atom. The molecular formula is C20H23O6P. The highest BCUT2D eigenvalue weighted by atomic mass is 31.0. The summed E-state index contributed by atoms with van der Waals surface area (Å²) in [6.07, 6.45) is 0.680. The van der Waals surface area contributed by atoms with Crippen molar-refractivity contribution in [3.63, 3.8) is 0 Å². The molecule has 0 radical (unpaired) electrons. The molecular weight excluding hydrogens is 367 g/mol. The molecule has 0 saturated heterocycles. The lowest BCUT2D eigenvalue weighted by molar-refractivity contribution is -0.144. The highest BCUT2D eigenvalue weighted by molar-refractivity contribution is 7.00. The molecule has 0 N–H and O–H groups in total. The number of hydrogen-bond acceptors (Lipinski definition) is 6. The van der Waals surface area contributed by atoms with Gasteiger partial charge in [-0.25, -0.2) is 0 Å². The van der Waals surface area contributed by atoms with Crippen LogP contribution in [0, 0.1) is 0 Å². The Hall–Kier alpha value is -2.72. The van der Waals surface area contributed by atoms with Gasteiger partial charge in [0, 0.05) is 0 Å². The molecule has 1 unspecified atom stereocenters. The molecule has 27 heavy (non-hydrogen) atoms. The maximum Gasteiger partial charge on any atom is 0.321 e. The van der Waals surface area contributed by atoms with E-state index in [9.17, 15) is 9.59 Å². The molecule has 0 aromatic heterocycles. The minimum Gasteiger partial charge on any atom is -0.496 e. The van der Waals surface area contributed by atoms with Crippen molar-refractivity contribution in [1.29, 1.82) is 0 Å². The summed E-state index contributed by atoms with van der Waals surface area (Å²) < 4.78 is 23.9. The molecule has 0 aliphatic carbocycles. The lowest BCUT2D eigenvalue weighted by atomic mass is 9.89. The minimum atomic E-state index is -1.07. The first-order valence-corrected chi connectivity index (χ1v) is 8.72. The van der Waals surface area contributed by atoms with Crippen LogP contribution in [-0.2, 0) is 14.1 Å². The first kappa shape index (κ1) is 22.3. The predicted octanol–water partition coefficient (Wildman–Crippen LogP) is 4.10. The fourth-order valence-electron chi connectivity index (χ4n) is 2.56. The van der Waals surface area contributed by atoms with Crippen LogP contribution in [0.15, 0.2) is 48.5 Å². The van der Waals surface area contributed by atoms with Gasteiger partial charge in [0.25, 0.3) is 0 Å². The standard InChI is InChI=1S/C20H22O5.HOP/c1-4-13-25-20(22)17(14-9-6-5-7-10-14)19(21)18-15(23-2)11-8-12-16(18)24-3;1-2/h5-12,17H,4,13H2,1-3H3;2H. The molecule has 0 fully saturated rings. The van der Waals surface area contributed by atoms with E-state index in [0.717, 1.165) is 0 Å². The van der Waals surface area contributed by atoms with Crippen LogP contribution in [0.3, 0.4) is 0 Å². The van der Waals surface area contributed by atoms with E-state index in [-0.39, 0.29) is 12.2 Å². The topological polar surface area (TPSA) is 78.9 Å². The molecule has 6 nitrogen and oxygen atoms in total. The lowest BCUT2D eigenvalue weighted by Crippen LogP contribution is -2.25. The molecule has 144 valence electrons. The Kier molecular flexibility index (Phi) is 9.76. The normalized spacial score (nSPS) is 10.8. The quantitative estimate of drug-likeness (QED) is 0.292.